The first-order chi connectivity index (χ1) is 9.40. The molecule has 0 saturated carbocycles. The number of carbonyl (C=O) groups is 2. The van der Waals surface area contributed by atoms with Crippen molar-refractivity contribution in [2.75, 3.05) is 6.54 Å². The first-order valence-corrected chi connectivity index (χ1v) is 6.49. The summed E-state index contributed by atoms with van der Waals surface area (Å²) in [5.41, 5.74) is 0.719. The number of H-pyrrole nitrogens is 1. The first kappa shape index (κ1) is 14.1. The Labute approximate surface area is 117 Å². The van der Waals surface area contributed by atoms with Crippen LogP contribution in [0.4, 0.5) is 0 Å². The van der Waals surface area contributed by atoms with Crippen molar-refractivity contribution in [1.29, 1.82) is 0 Å². The van der Waals surface area contributed by atoms with Gasteiger partial charge in [0, 0.05) is 29.2 Å². The average molecular weight is 274 g/mol. The molecule has 1 aromatic heterocycles. The Kier molecular flexibility index (Phi) is 3.79. The molecule has 3 N–H and O–H groups in total. The molecule has 0 unspecified atom stereocenters. The highest BCUT2D eigenvalue weighted by molar-refractivity contribution is 5.98. The normalized spacial score (nSPS) is 11.5. The van der Waals surface area contributed by atoms with Gasteiger partial charge in [0.1, 0.15) is 0 Å². The molecule has 5 heteroatoms. The van der Waals surface area contributed by atoms with Gasteiger partial charge in [0.25, 0.3) is 5.91 Å². The van der Waals surface area contributed by atoms with E-state index in [1.54, 1.807) is 19.9 Å². The van der Waals surface area contributed by atoms with Crippen molar-refractivity contribution in [2.45, 2.75) is 20.3 Å². The highest BCUT2D eigenvalue weighted by atomic mass is 16.4. The number of hydrogen-bond acceptors (Lipinski definition) is 2. The first-order valence-electron chi connectivity index (χ1n) is 6.49. The van der Waals surface area contributed by atoms with Gasteiger partial charge in [-0.1, -0.05) is 0 Å². The lowest BCUT2D eigenvalue weighted by Crippen LogP contribution is -2.31. The molecule has 20 heavy (non-hydrogen) atoms. The number of hydrogen-bond donors (Lipinski definition) is 3. The monoisotopic (exact) mass is 274 g/mol. The molecule has 0 atom stereocenters. The Hall–Kier alpha value is -2.30. The molecule has 0 fully saturated rings. The van der Waals surface area contributed by atoms with Crippen LogP contribution in [0.15, 0.2) is 30.5 Å². The molecule has 2 aromatic rings. The van der Waals surface area contributed by atoms with Crippen molar-refractivity contribution in [2.24, 2.45) is 5.41 Å². The summed E-state index contributed by atoms with van der Waals surface area (Å²) in [5.74, 6) is -1.05. The van der Waals surface area contributed by atoms with Gasteiger partial charge in [0.05, 0.1) is 5.41 Å². The molecule has 0 bridgehead atoms. The predicted molar refractivity (Wildman–Crippen MR) is 76.7 cm³/mol. The van der Waals surface area contributed by atoms with E-state index in [1.807, 2.05) is 24.4 Å². The number of rotatable bonds is 5. The van der Waals surface area contributed by atoms with Crippen LogP contribution in [0.3, 0.4) is 0 Å². The second-order valence-electron chi connectivity index (χ2n) is 5.47. The van der Waals surface area contributed by atoms with Crippen molar-refractivity contribution in [3.8, 4) is 0 Å². The van der Waals surface area contributed by atoms with Crippen LogP contribution in [0, 0.1) is 5.41 Å². The van der Waals surface area contributed by atoms with Crippen molar-refractivity contribution in [1.82, 2.24) is 10.3 Å². The van der Waals surface area contributed by atoms with Crippen LogP contribution in [0.2, 0.25) is 0 Å². The lowest BCUT2D eigenvalue weighted by molar-refractivity contribution is -0.147. The zero-order valence-electron chi connectivity index (χ0n) is 11.6. The van der Waals surface area contributed by atoms with Crippen LogP contribution < -0.4 is 5.32 Å². The summed E-state index contributed by atoms with van der Waals surface area (Å²) in [6.45, 7) is 3.63. The highest BCUT2D eigenvalue weighted by Crippen LogP contribution is 2.19. The summed E-state index contributed by atoms with van der Waals surface area (Å²) in [6.07, 6.45) is 2.21. The molecule has 2 rings (SSSR count). The molecule has 0 radical (unpaired) electrons. The number of aromatic amines is 1. The largest absolute Gasteiger partial charge is 0.481 e. The van der Waals surface area contributed by atoms with E-state index in [-0.39, 0.29) is 5.91 Å². The van der Waals surface area contributed by atoms with Crippen LogP contribution >= 0.6 is 0 Å². The molecule has 0 aliphatic carbocycles. The minimum Gasteiger partial charge on any atom is -0.481 e. The number of carboxylic acid groups (broad SMARTS) is 1. The second kappa shape index (κ2) is 5.36. The van der Waals surface area contributed by atoms with E-state index in [2.05, 4.69) is 10.3 Å². The Morgan fingerprint density at radius 3 is 2.75 bits per heavy atom. The molecule has 0 aliphatic rings. The Balaban J connectivity index is 1.96. The van der Waals surface area contributed by atoms with Crippen LogP contribution in [0.5, 0.6) is 0 Å². The van der Waals surface area contributed by atoms with Crippen molar-refractivity contribution < 1.29 is 14.7 Å². The molecule has 106 valence electrons. The highest BCUT2D eigenvalue weighted by Gasteiger charge is 2.26. The lowest BCUT2D eigenvalue weighted by atomic mass is 9.90. The van der Waals surface area contributed by atoms with Crippen molar-refractivity contribution in [3.63, 3.8) is 0 Å². The average Bonchev–Trinajstić information content (AvgIpc) is 2.85. The molecule has 0 saturated heterocycles. The Morgan fingerprint density at radius 1 is 1.30 bits per heavy atom. The molecule has 1 heterocycles. The van der Waals surface area contributed by atoms with E-state index < -0.39 is 11.4 Å². The van der Waals surface area contributed by atoms with Crippen LogP contribution in [-0.4, -0.2) is 28.5 Å². The topological polar surface area (TPSA) is 82.2 Å². The fraction of sp³-hybridized carbons (Fsp3) is 0.333. The van der Waals surface area contributed by atoms with Gasteiger partial charge < -0.3 is 15.4 Å². The Bertz CT molecular complexity index is 643. The number of aliphatic carboxylic acids is 1. The molecule has 1 amide bonds. The second-order valence-corrected chi connectivity index (χ2v) is 5.47. The minimum atomic E-state index is -0.861. The number of benzene rings is 1. The van der Waals surface area contributed by atoms with E-state index in [1.165, 1.54) is 0 Å². The maximum Gasteiger partial charge on any atom is 0.309 e. The predicted octanol–water partition coefficient (Wildman–Crippen LogP) is 2.40. The van der Waals surface area contributed by atoms with Gasteiger partial charge in [-0.25, -0.2) is 0 Å². The number of nitrogens with one attached hydrogen (secondary N) is 2. The fourth-order valence-corrected chi connectivity index (χ4v) is 1.89. The van der Waals surface area contributed by atoms with E-state index >= 15 is 0 Å². The lowest BCUT2D eigenvalue weighted by Gasteiger charge is -2.18. The van der Waals surface area contributed by atoms with Gasteiger partial charge in [0.2, 0.25) is 0 Å². The summed E-state index contributed by atoms with van der Waals surface area (Å²) in [5, 5.41) is 12.7. The molecule has 0 spiro atoms. The summed E-state index contributed by atoms with van der Waals surface area (Å²) in [7, 11) is 0. The van der Waals surface area contributed by atoms with Gasteiger partial charge in [0.15, 0.2) is 0 Å². The SMILES string of the molecule is CC(C)(CCNC(=O)c1ccc2[nH]ccc2c1)C(=O)O. The standard InChI is InChI=1S/C15H18N2O3/c1-15(2,14(19)20)6-8-17-13(18)11-3-4-12-10(9-11)5-7-16-12/h3-5,7,9,16H,6,8H2,1-2H3,(H,17,18)(H,19,20). The third-order valence-corrected chi connectivity index (χ3v) is 3.43. The zero-order valence-corrected chi connectivity index (χ0v) is 11.6. The van der Waals surface area contributed by atoms with E-state index in [0.717, 1.165) is 10.9 Å². The maximum atomic E-state index is 12.0. The molecular weight excluding hydrogens is 256 g/mol. The molecule has 5 nitrogen and oxygen atoms in total. The minimum absolute atomic E-state index is 0.186. The Morgan fingerprint density at radius 2 is 2.05 bits per heavy atom. The number of amides is 1. The third-order valence-electron chi connectivity index (χ3n) is 3.43. The summed E-state index contributed by atoms with van der Waals surface area (Å²) in [4.78, 5) is 26.0. The molecule has 1 aromatic carbocycles. The molecule has 0 aliphatic heterocycles. The summed E-state index contributed by atoms with van der Waals surface area (Å²) in [6, 6.07) is 7.31. The van der Waals surface area contributed by atoms with Crippen LogP contribution in [0.1, 0.15) is 30.6 Å². The van der Waals surface area contributed by atoms with Gasteiger partial charge in [-0.15, -0.1) is 0 Å². The number of carboxylic acids is 1. The zero-order chi connectivity index (χ0) is 14.8. The van der Waals surface area contributed by atoms with E-state index in [0.29, 0.717) is 18.5 Å². The van der Waals surface area contributed by atoms with Crippen molar-refractivity contribution in [3.05, 3.63) is 36.0 Å². The third kappa shape index (κ3) is 2.99. The number of carbonyl (C=O) groups excluding carboxylic acids is 1. The maximum absolute atomic E-state index is 12.0. The van der Waals surface area contributed by atoms with E-state index in [9.17, 15) is 9.59 Å². The van der Waals surface area contributed by atoms with Gasteiger partial charge in [-0.05, 0) is 44.5 Å². The summed E-state index contributed by atoms with van der Waals surface area (Å²) >= 11 is 0. The number of aromatic nitrogens is 1. The fourth-order valence-electron chi connectivity index (χ4n) is 1.89. The van der Waals surface area contributed by atoms with E-state index in [4.69, 9.17) is 5.11 Å². The van der Waals surface area contributed by atoms with Gasteiger partial charge >= 0.3 is 5.97 Å². The quantitative estimate of drug-likeness (QED) is 0.783. The summed E-state index contributed by atoms with van der Waals surface area (Å²) < 4.78 is 0. The van der Waals surface area contributed by atoms with Crippen molar-refractivity contribution >= 4 is 22.8 Å². The van der Waals surface area contributed by atoms with Crippen LogP contribution in [0.25, 0.3) is 10.9 Å². The van der Waals surface area contributed by atoms with Gasteiger partial charge in [-0.3, -0.25) is 9.59 Å². The number of fused-ring (bicyclic) bond motifs is 1. The van der Waals surface area contributed by atoms with Gasteiger partial charge in [-0.2, -0.15) is 0 Å². The van der Waals surface area contributed by atoms with Crippen LogP contribution in [-0.2, 0) is 4.79 Å². The smallest absolute Gasteiger partial charge is 0.309 e. The molecular formula is C15H18N2O3.